The minimum atomic E-state index is -0.874. The Bertz CT molecular complexity index is 445. The standard InChI is InChI=1S/C20H34ClNO2/c1-2-3-4-5-6-7-8-9-10-11-13-18(21)15-17-22-16-12-14-19(22)20(23)24/h12,14,16,18H,2-11,13,15,17H2,1H3,(H,23,24). The van der Waals surface area contributed by atoms with Gasteiger partial charge in [0, 0.05) is 18.1 Å². The topological polar surface area (TPSA) is 42.2 Å². The normalized spacial score (nSPS) is 12.4. The van der Waals surface area contributed by atoms with E-state index in [1.807, 2.05) is 6.20 Å². The van der Waals surface area contributed by atoms with Crippen LogP contribution in [0, 0.1) is 0 Å². The molecule has 1 atom stereocenters. The lowest BCUT2D eigenvalue weighted by Gasteiger charge is -2.11. The number of hydrogen-bond acceptors (Lipinski definition) is 1. The molecule has 0 amide bonds. The van der Waals surface area contributed by atoms with Crippen molar-refractivity contribution in [2.45, 2.75) is 95.9 Å². The summed E-state index contributed by atoms with van der Waals surface area (Å²) < 4.78 is 1.77. The van der Waals surface area contributed by atoms with Gasteiger partial charge in [0.15, 0.2) is 0 Å². The van der Waals surface area contributed by atoms with Crippen LogP contribution >= 0.6 is 11.6 Å². The van der Waals surface area contributed by atoms with E-state index >= 15 is 0 Å². The van der Waals surface area contributed by atoms with Crippen molar-refractivity contribution in [1.29, 1.82) is 0 Å². The van der Waals surface area contributed by atoms with Crippen LogP contribution < -0.4 is 0 Å². The number of halogens is 1. The summed E-state index contributed by atoms with van der Waals surface area (Å²) in [5, 5.41) is 9.21. The summed E-state index contributed by atoms with van der Waals surface area (Å²) >= 11 is 6.38. The summed E-state index contributed by atoms with van der Waals surface area (Å²) in [5.74, 6) is -0.874. The zero-order valence-electron chi connectivity index (χ0n) is 15.2. The number of aromatic nitrogens is 1. The van der Waals surface area contributed by atoms with Gasteiger partial charge in [-0.15, -0.1) is 11.6 Å². The number of nitrogens with zero attached hydrogens (tertiary/aromatic N) is 1. The molecule has 0 aliphatic heterocycles. The van der Waals surface area contributed by atoms with Gasteiger partial charge in [0.2, 0.25) is 0 Å². The quantitative estimate of drug-likeness (QED) is 0.288. The van der Waals surface area contributed by atoms with Crippen LogP contribution in [0.1, 0.15) is 94.5 Å². The van der Waals surface area contributed by atoms with E-state index in [1.165, 1.54) is 64.2 Å². The molecule has 1 N–H and O–H groups in total. The highest BCUT2D eigenvalue weighted by Gasteiger charge is 2.10. The van der Waals surface area contributed by atoms with Gasteiger partial charge in [-0.25, -0.2) is 4.79 Å². The fourth-order valence-corrected chi connectivity index (χ4v) is 3.33. The van der Waals surface area contributed by atoms with Crippen molar-refractivity contribution in [2.24, 2.45) is 0 Å². The van der Waals surface area contributed by atoms with Crippen molar-refractivity contribution >= 4 is 17.6 Å². The predicted molar refractivity (Wildman–Crippen MR) is 102 cm³/mol. The van der Waals surface area contributed by atoms with E-state index < -0.39 is 5.97 Å². The molecule has 3 nitrogen and oxygen atoms in total. The highest BCUT2D eigenvalue weighted by molar-refractivity contribution is 6.20. The Hall–Kier alpha value is -0.960. The number of hydrogen-bond donors (Lipinski definition) is 1. The molecular weight excluding hydrogens is 322 g/mol. The molecule has 0 saturated carbocycles. The summed E-state index contributed by atoms with van der Waals surface area (Å²) in [4.78, 5) is 11.0. The van der Waals surface area contributed by atoms with E-state index in [0.717, 1.165) is 12.8 Å². The van der Waals surface area contributed by atoms with Gasteiger partial charge in [0.1, 0.15) is 5.69 Å². The molecule has 4 heteroatoms. The highest BCUT2D eigenvalue weighted by Crippen LogP contribution is 2.16. The smallest absolute Gasteiger partial charge is 0.352 e. The molecule has 1 aromatic heterocycles. The fourth-order valence-electron chi connectivity index (χ4n) is 3.08. The maximum Gasteiger partial charge on any atom is 0.352 e. The molecule has 0 radical (unpaired) electrons. The van der Waals surface area contributed by atoms with Gasteiger partial charge in [-0.1, -0.05) is 71.1 Å². The average Bonchev–Trinajstić information content (AvgIpc) is 3.03. The van der Waals surface area contributed by atoms with Gasteiger partial charge in [0.05, 0.1) is 0 Å². The van der Waals surface area contributed by atoms with Crippen LogP contribution in [0.2, 0.25) is 0 Å². The van der Waals surface area contributed by atoms with Crippen LogP contribution in [0.4, 0.5) is 0 Å². The molecule has 138 valence electrons. The van der Waals surface area contributed by atoms with E-state index in [2.05, 4.69) is 6.92 Å². The molecule has 0 spiro atoms. The highest BCUT2D eigenvalue weighted by atomic mass is 35.5. The number of carboxylic acids is 1. The summed E-state index contributed by atoms with van der Waals surface area (Å²) in [5.41, 5.74) is 0.345. The minimum absolute atomic E-state index is 0.142. The largest absolute Gasteiger partial charge is 0.477 e. The molecule has 0 bridgehead atoms. The first-order chi connectivity index (χ1) is 11.6. The van der Waals surface area contributed by atoms with Gasteiger partial charge < -0.3 is 9.67 Å². The summed E-state index contributed by atoms with van der Waals surface area (Å²) in [6, 6.07) is 3.41. The third-order valence-corrected chi connectivity index (χ3v) is 5.04. The Labute approximate surface area is 152 Å². The van der Waals surface area contributed by atoms with Crippen molar-refractivity contribution in [2.75, 3.05) is 0 Å². The van der Waals surface area contributed by atoms with E-state index in [0.29, 0.717) is 12.2 Å². The van der Waals surface area contributed by atoms with E-state index in [-0.39, 0.29) is 5.38 Å². The Morgan fingerprint density at radius 2 is 1.62 bits per heavy atom. The molecule has 24 heavy (non-hydrogen) atoms. The number of carbonyl (C=O) groups is 1. The minimum Gasteiger partial charge on any atom is -0.477 e. The van der Waals surface area contributed by atoms with Crippen LogP contribution in [-0.4, -0.2) is 21.0 Å². The van der Waals surface area contributed by atoms with Gasteiger partial charge in [-0.3, -0.25) is 0 Å². The first-order valence-corrected chi connectivity index (χ1v) is 10.1. The molecule has 1 rings (SSSR count). The Balaban J connectivity index is 1.97. The Morgan fingerprint density at radius 3 is 2.21 bits per heavy atom. The average molecular weight is 356 g/mol. The number of aryl methyl sites for hydroxylation is 1. The summed E-state index contributed by atoms with van der Waals surface area (Å²) in [6.45, 7) is 2.94. The summed E-state index contributed by atoms with van der Waals surface area (Å²) in [6.07, 6.45) is 17.1. The first kappa shape index (κ1) is 21.1. The lowest BCUT2D eigenvalue weighted by Crippen LogP contribution is -2.11. The van der Waals surface area contributed by atoms with E-state index in [9.17, 15) is 4.79 Å². The molecule has 0 aromatic carbocycles. The van der Waals surface area contributed by atoms with Gasteiger partial charge >= 0.3 is 5.97 Å². The molecule has 1 unspecified atom stereocenters. The van der Waals surface area contributed by atoms with Gasteiger partial charge in [-0.05, 0) is 25.0 Å². The van der Waals surface area contributed by atoms with Crippen molar-refractivity contribution in [3.05, 3.63) is 24.0 Å². The van der Waals surface area contributed by atoms with Crippen LogP contribution in [0.25, 0.3) is 0 Å². The number of aromatic carboxylic acids is 1. The second-order valence-electron chi connectivity index (χ2n) is 6.75. The molecular formula is C20H34ClNO2. The third kappa shape index (κ3) is 9.36. The van der Waals surface area contributed by atoms with E-state index in [1.54, 1.807) is 16.7 Å². The number of alkyl halides is 1. The lowest BCUT2D eigenvalue weighted by atomic mass is 10.0. The maximum absolute atomic E-state index is 11.0. The first-order valence-electron chi connectivity index (χ1n) is 9.67. The van der Waals surface area contributed by atoms with Crippen LogP contribution in [0.5, 0.6) is 0 Å². The monoisotopic (exact) mass is 355 g/mol. The zero-order valence-corrected chi connectivity index (χ0v) is 15.9. The van der Waals surface area contributed by atoms with Gasteiger partial charge in [-0.2, -0.15) is 0 Å². The molecule has 0 aliphatic rings. The predicted octanol–water partition coefficient (Wildman–Crippen LogP) is 6.49. The van der Waals surface area contributed by atoms with E-state index in [4.69, 9.17) is 16.7 Å². The van der Waals surface area contributed by atoms with Crippen molar-refractivity contribution in [1.82, 2.24) is 4.57 Å². The van der Waals surface area contributed by atoms with Gasteiger partial charge in [0.25, 0.3) is 0 Å². The molecule has 0 aliphatic carbocycles. The number of rotatable bonds is 15. The van der Waals surface area contributed by atoms with Crippen molar-refractivity contribution in [3.63, 3.8) is 0 Å². The SMILES string of the molecule is CCCCCCCCCCCCC(Cl)CCn1cccc1C(=O)O. The van der Waals surface area contributed by atoms with Crippen LogP contribution in [0.15, 0.2) is 18.3 Å². The van der Waals surface area contributed by atoms with Crippen LogP contribution in [-0.2, 0) is 6.54 Å². The van der Waals surface area contributed by atoms with Crippen molar-refractivity contribution < 1.29 is 9.90 Å². The molecule has 1 heterocycles. The molecule has 0 saturated heterocycles. The maximum atomic E-state index is 11.0. The van der Waals surface area contributed by atoms with Crippen molar-refractivity contribution in [3.8, 4) is 0 Å². The summed E-state index contributed by atoms with van der Waals surface area (Å²) in [7, 11) is 0. The molecule has 1 aromatic rings. The second-order valence-corrected chi connectivity index (χ2v) is 7.37. The lowest BCUT2D eigenvalue weighted by molar-refractivity contribution is 0.0685. The Kier molecular flexibility index (Phi) is 11.7. The third-order valence-electron chi connectivity index (χ3n) is 4.60. The molecule has 0 fully saturated rings. The van der Waals surface area contributed by atoms with Crippen LogP contribution in [0.3, 0.4) is 0 Å². The zero-order chi connectivity index (χ0) is 17.6. The number of carboxylic acid groups (broad SMARTS) is 1. The Morgan fingerprint density at radius 1 is 1.04 bits per heavy atom. The fraction of sp³-hybridized carbons (Fsp3) is 0.750. The second kappa shape index (κ2) is 13.3. The number of unbranched alkanes of at least 4 members (excludes halogenated alkanes) is 9.